The first-order chi connectivity index (χ1) is 10.2. The molecule has 0 atom stereocenters. The fourth-order valence-electron chi connectivity index (χ4n) is 2.39. The first-order valence-electron chi connectivity index (χ1n) is 7.20. The molecule has 1 amide bonds. The molecule has 0 radical (unpaired) electrons. The molecular weight excluding hydrogens is 398 g/mol. The number of amides is 1. The molecule has 0 aromatic heterocycles. The number of rotatable bonds is 4. The number of hydrogen-bond donors (Lipinski definition) is 3. The predicted octanol–water partition coefficient (Wildman–Crippen LogP) is 2.49. The average molecular weight is 420 g/mol. The molecule has 3 N–H and O–H groups in total. The van der Waals surface area contributed by atoms with Crippen LogP contribution in [-0.2, 0) is 4.79 Å². The molecule has 5 nitrogen and oxygen atoms in total. The molecule has 1 aromatic carbocycles. The molecule has 0 heterocycles. The molecule has 0 unspecified atom stereocenters. The highest BCUT2D eigenvalue weighted by molar-refractivity contribution is 14.0. The first kappa shape index (κ1) is 18.7. The van der Waals surface area contributed by atoms with E-state index in [1.807, 2.05) is 0 Å². The van der Waals surface area contributed by atoms with Gasteiger partial charge in [0.2, 0.25) is 5.91 Å². The molecule has 0 bridgehead atoms. The highest BCUT2D eigenvalue weighted by Crippen LogP contribution is 2.17. The Hall–Kier alpha value is -1.38. The lowest BCUT2D eigenvalue weighted by atomic mass is 10.2. The van der Waals surface area contributed by atoms with Crippen LogP contribution in [0.4, 0.5) is 10.1 Å². The summed E-state index contributed by atoms with van der Waals surface area (Å²) in [5.74, 6) is 0.00531. The summed E-state index contributed by atoms with van der Waals surface area (Å²) in [5.41, 5.74) is 0.445. The maximum atomic E-state index is 13.0. The number of guanidine groups is 1. The maximum Gasteiger partial charge on any atom is 0.243 e. The largest absolute Gasteiger partial charge is 0.354 e. The van der Waals surface area contributed by atoms with Gasteiger partial charge in [0, 0.05) is 18.8 Å². The second-order valence-electron chi connectivity index (χ2n) is 5.11. The molecule has 1 aromatic rings. The van der Waals surface area contributed by atoms with E-state index in [0.29, 0.717) is 17.7 Å². The maximum absolute atomic E-state index is 13.0. The van der Waals surface area contributed by atoms with Gasteiger partial charge in [-0.2, -0.15) is 0 Å². The van der Waals surface area contributed by atoms with Crippen LogP contribution in [0.25, 0.3) is 0 Å². The lowest BCUT2D eigenvalue weighted by Crippen LogP contribution is -2.45. The molecule has 1 aliphatic rings. The molecule has 1 saturated carbocycles. The Bertz CT molecular complexity index is 518. The molecule has 122 valence electrons. The molecule has 22 heavy (non-hydrogen) atoms. The Kier molecular flexibility index (Phi) is 8.15. The SMILES string of the molecule is CN=C(NCC(=O)Nc1cccc(F)c1)NC1CCCC1.I. The number of carbonyl (C=O) groups excluding carboxylic acids is 1. The Morgan fingerprint density at radius 1 is 1.36 bits per heavy atom. The van der Waals surface area contributed by atoms with Crippen molar-refractivity contribution in [3.63, 3.8) is 0 Å². The zero-order chi connectivity index (χ0) is 15.1. The monoisotopic (exact) mass is 420 g/mol. The van der Waals surface area contributed by atoms with Crippen molar-refractivity contribution < 1.29 is 9.18 Å². The summed E-state index contributed by atoms with van der Waals surface area (Å²) in [7, 11) is 1.68. The van der Waals surface area contributed by atoms with E-state index < -0.39 is 0 Å². The quantitative estimate of drug-likeness (QED) is 0.399. The van der Waals surface area contributed by atoms with E-state index in [4.69, 9.17) is 0 Å². The van der Waals surface area contributed by atoms with Gasteiger partial charge in [-0.3, -0.25) is 9.79 Å². The minimum absolute atomic E-state index is 0. The number of anilines is 1. The zero-order valence-electron chi connectivity index (χ0n) is 12.6. The fourth-order valence-corrected chi connectivity index (χ4v) is 2.39. The zero-order valence-corrected chi connectivity index (χ0v) is 14.9. The number of hydrogen-bond acceptors (Lipinski definition) is 2. The number of halogens is 2. The van der Waals surface area contributed by atoms with Gasteiger partial charge in [-0.05, 0) is 31.0 Å². The van der Waals surface area contributed by atoms with Gasteiger partial charge >= 0.3 is 0 Å². The fraction of sp³-hybridized carbons (Fsp3) is 0.467. The van der Waals surface area contributed by atoms with E-state index in [2.05, 4.69) is 20.9 Å². The van der Waals surface area contributed by atoms with Crippen LogP contribution in [-0.4, -0.2) is 31.5 Å². The first-order valence-corrected chi connectivity index (χ1v) is 7.20. The number of aliphatic imine (C=N–C) groups is 1. The summed E-state index contributed by atoms with van der Waals surface area (Å²) in [5, 5.41) is 8.89. The van der Waals surface area contributed by atoms with Crippen molar-refractivity contribution in [1.29, 1.82) is 0 Å². The highest BCUT2D eigenvalue weighted by Gasteiger charge is 2.16. The lowest BCUT2D eigenvalue weighted by molar-refractivity contribution is -0.115. The number of nitrogens with one attached hydrogen (secondary N) is 3. The van der Waals surface area contributed by atoms with Gasteiger partial charge in [0.15, 0.2) is 5.96 Å². The van der Waals surface area contributed by atoms with Crippen LogP contribution in [0, 0.1) is 5.82 Å². The smallest absolute Gasteiger partial charge is 0.243 e. The van der Waals surface area contributed by atoms with Crippen LogP contribution >= 0.6 is 24.0 Å². The third-order valence-electron chi connectivity index (χ3n) is 3.44. The van der Waals surface area contributed by atoms with Crippen molar-refractivity contribution in [3.8, 4) is 0 Å². The van der Waals surface area contributed by atoms with Gasteiger partial charge in [-0.15, -0.1) is 24.0 Å². The van der Waals surface area contributed by atoms with Crippen LogP contribution < -0.4 is 16.0 Å². The van der Waals surface area contributed by atoms with Crippen molar-refractivity contribution in [2.45, 2.75) is 31.7 Å². The van der Waals surface area contributed by atoms with Crippen molar-refractivity contribution in [2.75, 3.05) is 18.9 Å². The molecular formula is C15H22FIN4O. The van der Waals surface area contributed by atoms with Gasteiger partial charge in [-0.1, -0.05) is 18.9 Å². The second-order valence-corrected chi connectivity index (χ2v) is 5.11. The van der Waals surface area contributed by atoms with Crippen molar-refractivity contribution in [2.24, 2.45) is 4.99 Å². The van der Waals surface area contributed by atoms with E-state index in [0.717, 1.165) is 12.8 Å². The number of benzene rings is 1. The van der Waals surface area contributed by atoms with E-state index in [-0.39, 0.29) is 42.2 Å². The highest BCUT2D eigenvalue weighted by atomic mass is 127. The number of nitrogens with zero attached hydrogens (tertiary/aromatic N) is 1. The van der Waals surface area contributed by atoms with Crippen LogP contribution in [0.3, 0.4) is 0 Å². The summed E-state index contributed by atoms with van der Waals surface area (Å²) in [6, 6.07) is 6.25. The Balaban J connectivity index is 0.00000242. The summed E-state index contributed by atoms with van der Waals surface area (Å²) in [4.78, 5) is 15.9. The van der Waals surface area contributed by atoms with E-state index in [1.54, 1.807) is 19.2 Å². The lowest BCUT2D eigenvalue weighted by Gasteiger charge is -2.16. The van der Waals surface area contributed by atoms with Gasteiger partial charge < -0.3 is 16.0 Å². The van der Waals surface area contributed by atoms with Crippen LogP contribution in [0.2, 0.25) is 0 Å². The Labute approximate surface area is 147 Å². The van der Waals surface area contributed by atoms with Crippen LogP contribution in [0.15, 0.2) is 29.3 Å². The molecule has 1 fully saturated rings. The van der Waals surface area contributed by atoms with Crippen molar-refractivity contribution in [3.05, 3.63) is 30.1 Å². The van der Waals surface area contributed by atoms with E-state index >= 15 is 0 Å². The molecule has 0 aliphatic heterocycles. The van der Waals surface area contributed by atoms with E-state index in [9.17, 15) is 9.18 Å². The summed E-state index contributed by atoms with van der Waals surface area (Å²) >= 11 is 0. The van der Waals surface area contributed by atoms with Crippen LogP contribution in [0.1, 0.15) is 25.7 Å². The van der Waals surface area contributed by atoms with Gasteiger partial charge in [-0.25, -0.2) is 4.39 Å². The molecule has 1 aliphatic carbocycles. The van der Waals surface area contributed by atoms with Gasteiger partial charge in [0.1, 0.15) is 5.82 Å². The Morgan fingerprint density at radius 2 is 2.09 bits per heavy atom. The average Bonchev–Trinajstić information content (AvgIpc) is 2.96. The topological polar surface area (TPSA) is 65.5 Å². The normalized spacial score (nSPS) is 15.1. The molecule has 0 spiro atoms. The Morgan fingerprint density at radius 3 is 2.73 bits per heavy atom. The third-order valence-corrected chi connectivity index (χ3v) is 3.44. The molecule has 7 heteroatoms. The summed E-state index contributed by atoms with van der Waals surface area (Å²) in [6.07, 6.45) is 4.73. The number of carbonyl (C=O) groups is 1. The van der Waals surface area contributed by atoms with Gasteiger partial charge in [0.25, 0.3) is 0 Å². The third kappa shape index (κ3) is 6.17. The second kappa shape index (κ2) is 9.60. The van der Waals surface area contributed by atoms with Gasteiger partial charge in [0.05, 0.1) is 6.54 Å². The molecule has 0 saturated heterocycles. The minimum atomic E-state index is -0.375. The van der Waals surface area contributed by atoms with Crippen molar-refractivity contribution in [1.82, 2.24) is 10.6 Å². The van der Waals surface area contributed by atoms with Crippen LogP contribution in [0.5, 0.6) is 0 Å². The van der Waals surface area contributed by atoms with Crippen molar-refractivity contribution >= 4 is 41.5 Å². The predicted molar refractivity (Wildman–Crippen MR) is 97.2 cm³/mol. The minimum Gasteiger partial charge on any atom is -0.354 e. The standard InChI is InChI=1S/C15H21FN4O.HI/c1-17-15(20-12-6-2-3-7-12)18-10-14(21)19-13-8-4-5-11(16)9-13;/h4-5,8-9,12H,2-3,6-7,10H2,1H3,(H,19,21)(H2,17,18,20);1H. The summed E-state index contributed by atoms with van der Waals surface area (Å²) < 4.78 is 13.0. The van der Waals surface area contributed by atoms with E-state index in [1.165, 1.54) is 25.0 Å². The molecule has 2 rings (SSSR count). The summed E-state index contributed by atoms with van der Waals surface area (Å²) in [6.45, 7) is 0.0862.